The zero-order valence-corrected chi connectivity index (χ0v) is 13.2. The lowest BCUT2D eigenvalue weighted by atomic mass is 9.87. The molecule has 1 aromatic rings. The molecule has 1 aromatic carbocycles. The van der Waals surface area contributed by atoms with Crippen LogP contribution in [-0.4, -0.2) is 31.1 Å². The first-order valence-electron chi connectivity index (χ1n) is 7.88. The number of hydrogen-bond donors (Lipinski definition) is 4. The summed E-state index contributed by atoms with van der Waals surface area (Å²) in [5.41, 5.74) is 5.95. The third-order valence-electron chi connectivity index (χ3n) is 4.74. The zero-order chi connectivity index (χ0) is 16.6. The van der Waals surface area contributed by atoms with Crippen molar-refractivity contribution in [3.8, 4) is 0 Å². The van der Waals surface area contributed by atoms with Gasteiger partial charge in [0, 0.05) is 18.5 Å². The van der Waals surface area contributed by atoms with E-state index in [4.69, 9.17) is 0 Å². The first kappa shape index (κ1) is 16.3. The van der Waals surface area contributed by atoms with Gasteiger partial charge in [0.15, 0.2) is 11.6 Å². The molecule has 7 heteroatoms. The van der Waals surface area contributed by atoms with Crippen LogP contribution >= 0.6 is 0 Å². The van der Waals surface area contributed by atoms with E-state index in [0.717, 1.165) is 31.6 Å². The molecule has 23 heavy (non-hydrogen) atoms. The van der Waals surface area contributed by atoms with Crippen LogP contribution in [0.1, 0.15) is 25.8 Å². The molecule has 0 saturated carbocycles. The minimum absolute atomic E-state index is 0.150. The van der Waals surface area contributed by atoms with Crippen LogP contribution in [0, 0.1) is 17.6 Å². The maximum atomic E-state index is 13.5. The Morgan fingerprint density at radius 3 is 2.78 bits per heavy atom. The van der Waals surface area contributed by atoms with Crippen LogP contribution in [0.25, 0.3) is 0 Å². The number of hydrogen-bond acceptors (Lipinski definition) is 4. The summed E-state index contributed by atoms with van der Waals surface area (Å²) >= 11 is 0. The van der Waals surface area contributed by atoms with Crippen LogP contribution in [0.15, 0.2) is 18.2 Å². The van der Waals surface area contributed by atoms with Crippen molar-refractivity contribution < 1.29 is 13.6 Å². The third kappa shape index (κ3) is 3.22. The highest BCUT2D eigenvalue weighted by Crippen LogP contribution is 2.25. The standard InChI is InChI=1S/C16H22F2N4O/c1-16(2,9-3-4-11(17)12(18)7-9)20-15(23)14-10-8-19-6-5-13(10)21-22-14/h3-4,7,10,13-14,19,21-22H,5-6,8H2,1-2H3,(H,20,23). The van der Waals surface area contributed by atoms with Crippen LogP contribution in [0.3, 0.4) is 0 Å². The second kappa shape index (κ2) is 6.14. The van der Waals surface area contributed by atoms with Gasteiger partial charge in [-0.3, -0.25) is 10.2 Å². The summed E-state index contributed by atoms with van der Waals surface area (Å²) in [6.45, 7) is 5.26. The second-order valence-electron chi connectivity index (χ2n) is 6.77. The Morgan fingerprint density at radius 2 is 2.04 bits per heavy atom. The van der Waals surface area contributed by atoms with Gasteiger partial charge in [-0.05, 0) is 44.5 Å². The lowest BCUT2D eigenvalue weighted by molar-refractivity contribution is -0.125. The van der Waals surface area contributed by atoms with Crippen molar-refractivity contribution in [3.05, 3.63) is 35.4 Å². The monoisotopic (exact) mass is 324 g/mol. The van der Waals surface area contributed by atoms with Gasteiger partial charge >= 0.3 is 0 Å². The molecule has 0 aromatic heterocycles. The molecule has 5 nitrogen and oxygen atoms in total. The highest BCUT2D eigenvalue weighted by molar-refractivity contribution is 5.83. The van der Waals surface area contributed by atoms with E-state index in [2.05, 4.69) is 21.5 Å². The van der Waals surface area contributed by atoms with Crippen LogP contribution in [0.2, 0.25) is 0 Å². The van der Waals surface area contributed by atoms with Gasteiger partial charge in [0.1, 0.15) is 6.04 Å². The average Bonchev–Trinajstić information content (AvgIpc) is 2.93. The van der Waals surface area contributed by atoms with Gasteiger partial charge in [0.05, 0.1) is 5.54 Å². The van der Waals surface area contributed by atoms with Crippen molar-refractivity contribution in [2.45, 2.75) is 37.9 Å². The van der Waals surface area contributed by atoms with Gasteiger partial charge in [-0.1, -0.05) is 6.07 Å². The van der Waals surface area contributed by atoms with E-state index in [0.29, 0.717) is 5.56 Å². The molecule has 2 saturated heterocycles. The largest absolute Gasteiger partial charge is 0.346 e. The molecule has 2 aliphatic rings. The van der Waals surface area contributed by atoms with E-state index in [-0.39, 0.29) is 23.9 Å². The number of benzene rings is 1. The predicted octanol–water partition coefficient (Wildman–Crippen LogP) is 0.771. The minimum Gasteiger partial charge on any atom is -0.346 e. The Kier molecular flexibility index (Phi) is 4.35. The maximum Gasteiger partial charge on any atom is 0.239 e. The molecule has 3 unspecified atom stereocenters. The normalized spacial score (nSPS) is 27.6. The quantitative estimate of drug-likeness (QED) is 0.663. The van der Waals surface area contributed by atoms with Gasteiger partial charge in [-0.25, -0.2) is 14.2 Å². The minimum atomic E-state index is -0.915. The Bertz CT molecular complexity index is 608. The molecule has 3 rings (SSSR count). The SMILES string of the molecule is CC(C)(NC(=O)C1NNC2CCNCC21)c1ccc(F)c(F)c1. The number of carbonyl (C=O) groups excluding carboxylic acids is 1. The smallest absolute Gasteiger partial charge is 0.239 e. The molecule has 4 N–H and O–H groups in total. The van der Waals surface area contributed by atoms with E-state index in [1.807, 2.05) is 0 Å². The van der Waals surface area contributed by atoms with Crippen molar-refractivity contribution in [1.29, 1.82) is 0 Å². The van der Waals surface area contributed by atoms with Crippen LogP contribution < -0.4 is 21.5 Å². The number of halogens is 2. The zero-order valence-electron chi connectivity index (χ0n) is 13.2. The molecule has 0 bridgehead atoms. The number of amides is 1. The molecule has 0 aliphatic carbocycles. The first-order chi connectivity index (χ1) is 10.9. The summed E-state index contributed by atoms with van der Waals surface area (Å²) < 4.78 is 26.5. The van der Waals surface area contributed by atoms with E-state index in [1.54, 1.807) is 13.8 Å². The van der Waals surface area contributed by atoms with Crippen molar-refractivity contribution >= 4 is 5.91 Å². The highest BCUT2D eigenvalue weighted by Gasteiger charge is 2.42. The summed E-state index contributed by atoms with van der Waals surface area (Å²) in [6.07, 6.45) is 0.966. The lowest BCUT2D eigenvalue weighted by Gasteiger charge is -2.31. The number of carbonyl (C=O) groups is 1. The van der Waals surface area contributed by atoms with Gasteiger partial charge < -0.3 is 10.6 Å². The summed E-state index contributed by atoms with van der Waals surface area (Å²) in [7, 11) is 0. The van der Waals surface area contributed by atoms with Gasteiger partial charge in [-0.2, -0.15) is 0 Å². The first-order valence-corrected chi connectivity index (χ1v) is 7.88. The van der Waals surface area contributed by atoms with Gasteiger partial charge in [-0.15, -0.1) is 0 Å². The fourth-order valence-electron chi connectivity index (χ4n) is 3.32. The molecule has 1 amide bonds. The van der Waals surface area contributed by atoms with E-state index < -0.39 is 17.2 Å². The molecule has 2 aliphatic heterocycles. The van der Waals surface area contributed by atoms with Crippen molar-refractivity contribution in [2.75, 3.05) is 13.1 Å². The third-order valence-corrected chi connectivity index (χ3v) is 4.74. The predicted molar refractivity (Wildman–Crippen MR) is 82.4 cm³/mol. The van der Waals surface area contributed by atoms with Crippen LogP contribution in [0.5, 0.6) is 0 Å². The molecule has 0 radical (unpaired) electrons. The summed E-state index contributed by atoms with van der Waals surface area (Å²) in [5, 5.41) is 6.23. The Hall–Kier alpha value is -1.57. The molecule has 126 valence electrons. The maximum absolute atomic E-state index is 13.5. The number of rotatable bonds is 3. The fourth-order valence-corrected chi connectivity index (χ4v) is 3.32. The Labute approximate surface area is 134 Å². The van der Waals surface area contributed by atoms with Crippen LogP contribution in [0.4, 0.5) is 8.78 Å². The Morgan fingerprint density at radius 1 is 1.26 bits per heavy atom. The van der Waals surface area contributed by atoms with Crippen molar-refractivity contribution in [3.63, 3.8) is 0 Å². The fraction of sp³-hybridized carbons (Fsp3) is 0.562. The molecule has 0 spiro atoms. The van der Waals surface area contributed by atoms with E-state index >= 15 is 0 Å². The molecular weight excluding hydrogens is 302 g/mol. The van der Waals surface area contributed by atoms with Gasteiger partial charge in [0.2, 0.25) is 5.91 Å². The van der Waals surface area contributed by atoms with E-state index in [9.17, 15) is 13.6 Å². The number of piperidine rings is 1. The molecule has 3 atom stereocenters. The molecule has 2 fully saturated rings. The number of fused-ring (bicyclic) bond motifs is 1. The number of nitrogens with one attached hydrogen (secondary N) is 4. The average molecular weight is 324 g/mol. The molecular formula is C16H22F2N4O. The lowest BCUT2D eigenvalue weighted by Crippen LogP contribution is -2.53. The second-order valence-corrected chi connectivity index (χ2v) is 6.77. The highest BCUT2D eigenvalue weighted by atomic mass is 19.2. The summed E-state index contributed by atoms with van der Waals surface area (Å²) in [4.78, 5) is 12.6. The van der Waals surface area contributed by atoms with Gasteiger partial charge in [0.25, 0.3) is 0 Å². The number of hydrazine groups is 1. The van der Waals surface area contributed by atoms with Crippen molar-refractivity contribution in [1.82, 2.24) is 21.5 Å². The van der Waals surface area contributed by atoms with E-state index in [1.165, 1.54) is 6.07 Å². The Balaban J connectivity index is 1.72. The topological polar surface area (TPSA) is 65.2 Å². The molecule has 2 heterocycles. The summed E-state index contributed by atoms with van der Waals surface area (Å²) in [5.74, 6) is -1.79. The van der Waals surface area contributed by atoms with Crippen LogP contribution in [-0.2, 0) is 10.3 Å². The summed E-state index contributed by atoms with van der Waals surface area (Å²) in [6, 6.07) is 3.62. The van der Waals surface area contributed by atoms with Crippen molar-refractivity contribution in [2.24, 2.45) is 5.92 Å².